The average Bonchev–Trinajstić information content (AvgIpc) is 2.53. The quantitative estimate of drug-likeness (QED) is 0.768. The topological polar surface area (TPSA) is 26.3 Å². The van der Waals surface area contributed by atoms with Gasteiger partial charge in [0.15, 0.2) is 0 Å². The lowest BCUT2D eigenvalue weighted by atomic mass is 9.71. The molecule has 0 bridgehead atoms. The lowest BCUT2D eigenvalue weighted by Gasteiger charge is -2.32. The number of methoxy groups -OCH3 is 1. The normalized spacial score (nSPS) is 11.1. The number of hydrogen-bond acceptors (Lipinski definition) is 2. The van der Waals surface area contributed by atoms with Crippen LogP contribution < -0.4 is 0 Å². The summed E-state index contributed by atoms with van der Waals surface area (Å²) in [6, 6.07) is 19.8. The Labute approximate surface area is 120 Å². The van der Waals surface area contributed by atoms with E-state index in [0.717, 1.165) is 24.0 Å². The Morgan fingerprint density at radius 1 is 0.950 bits per heavy atom. The Kier molecular flexibility index (Phi) is 4.57. The molecule has 0 fully saturated rings. The monoisotopic (exact) mass is 268 g/mol. The van der Waals surface area contributed by atoms with E-state index >= 15 is 0 Å². The molecule has 0 aliphatic heterocycles. The van der Waals surface area contributed by atoms with Gasteiger partial charge in [-0.3, -0.25) is 4.79 Å². The van der Waals surface area contributed by atoms with E-state index in [1.54, 1.807) is 0 Å². The highest BCUT2D eigenvalue weighted by atomic mass is 16.5. The smallest absolute Gasteiger partial charge is 0.320 e. The summed E-state index contributed by atoms with van der Waals surface area (Å²) in [5.41, 5.74) is 1.26. The highest BCUT2D eigenvalue weighted by Crippen LogP contribution is 2.37. The molecule has 0 unspecified atom stereocenters. The third-order valence-electron chi connectivity index (χ3n) is 3.69. The maximum atomic E-state index is 12.6. The van der Waals surface area contributed by atoms with Crippen LogP contribution in [0.1, 0.15) is 30.9 Å². The van der Waals surface area contributed by atoms with Gasteiger partial charge in [0.2, 0.25) is 0 Å². The Bertz CT molecular complexity index is 507. The van der Waals surface area contributed by atoms with Crippen LogP contribution in [-0.4, -0.2) is 13.1 Å². The Balaban J connectivity index is 2.66. The van der Waals surface area contributed by atoms with Gasteiger partial charge in [-0.25, -0.2) is 0 Å². The highest BCUT2D eigenvalue weighted by Gasteiger charge is 2.42. The molecule has 2 heteroatoms. The van der Waals surface area contributed by atoms with Crippen LogP contribution in [0.2, 0.25) is 0 Å². The van der Waals surface area contributed by atoms with E-state index in [-0.39, 0.29) is 5.97 Å². The number of carbonyl (C=O) groups excluding carboxylic acids is 1. The van der Waals surface area contributed by atoms with Gasteiger partial charge >= 0.3 is 5.97 Å². The van der Waals surface area contributed by atoms with Gasteiger partial charge < -0.3 is 4.74 Å². The fourth-order valence-electron chi connectivity index (χ4n) is 2.79. The molecule has 0 heterocycles. The van der Waals surface area contributed by atoms with Gasteiger partial charge in [-0.1, -0.05) is 74.0 Å². The third-order valence-corrected chi connectivity index (χ3v) is 3.69. The van der Waals surface area contributed by atoms with Crippen molar-refractivity contribution in [1.29, 1.82) is 0 Å². The molecule has 0 atom stereocenters. The minimum Gasteiger partial charge on any atom is -0.468 e. The van der Waals surface area contributed by atoms with Gasteiger partial charge in [0, 0.05) is 0 Å². The first-order valence-electron chi connectivity index (χ1n) is 6.95. The van der Waals surface area contributed by atoms with Gasteiger partial charge in [-0.2, -0.15) is 0 Å². The Hall–Kier alpha value is -2.09. The maximum absolute atomic E-state index is 12.6. The molecule has 0 aromatic heterocycles. The van der Waals surface area contributed by atoms with Crippen LogP contribution in [0.25, 0.3) is 0 Å². The van der Waals surface area contributed by atoms with E-state index in [1.165, 1.54) is 7.11 Å². The fourth-order valence-corrected chi connectivity index (χ4v) is 2.79. The first-order chi connectivity index (χ1) is 9.75. The summed E-state index contributed by atoms with van der Waals surface area (Å²) in [4.78, 5) is 12.6. The van der Waals surface area contributed by atoms with Crippen LogP contribution in [0.5, 0.6) is 0 Å². The summed E-state index contributed by atoms with van der Waals surface area (Å²) in [6.07, 6.45) is 1.63. The minimum atomic E-state index is -0.716. The van der Waals surface area contributed by atoms with Crippen LogP contribution in [-0.2, 0) is 14.9 Å². The highest BCUT2D eigenvalue weighted by molar-refractivity contribution is 5.87. The van der Waals surface area contributed by atoms with Crippen molar-refractivity contribution < 1.29 is 9.53 Å². The van der Waals surface area contributed by atoms with Crippen molar-refractivity contribution in [2.24, 2.45) is 0 Å². The van der Waals surface area contributed by atoms with Crippen molar-refractivity contribution in [2.45, 2.75) is 25.2 Å². The van der Waals surface area contributed by atoms with E-state index in [2.05, 4.69) is 6.92 Å². The van der Waals surface area contributed by atoms with Crippen LogP contribution in [0.15, 0.2) is 60.7 Å². The molecule has 20 heavy (non-hydrogen) atoms. The summed E-state index contributed by atoms with van der Waals surface area (Å²) in [6.45, 7) is 2.09. The molecule has 104 valence electrons. The van der Waals surface area contributed by atoms with Crippen LogP contribution in [0, 0.1) is 0 Å². The summed E-state index contributed by atoms with van der Waals surface area (Å²) >= 11 is 0. The molecule has 2 aromatic rings. The molecule has 0 aliphatic rings. The molecule has 0 aliphatic carbocycles. The third kappa shape index (κ3) is 2.46. The number of ether oxygens (including phenoxy) is 1. The molecule has 0 saturated heterocycles. The van der Waals surface area contributed by atoms with Crippen molar-refractivity contribution in [2.75, 3.05) is 7.11 Å². The predicted molar refractivity (Wildman–Crippen MR) is 80.6 cm³/mol. The zero-order chi connectivity index (χ0) is 14.4. The number of esters is 1. The van der Waals surface area contributed by atoms with Crippen molar-refractivity contribution >= 4 is 5.97 Å². The largest absolute Gasteiger partial charge is 0.468 e. The number of rotatable bonds is 5. The predicted octanol–water partition coefficient (Wildman–Crippen LogP) is 3.95. The molecule has 2 nitrogen and oxygen atoms in total. The SMILES string of the molecule is CCCC(C(=O)OC)(c1ccccc1)c1ccccc1. The fraction of sp³-hybridized carbons (Fsp3) is 0.278. The number of carbonyl (C=O) groups is 1. The molecule has 0 amide bonds. The minimum absolute atomic E-state index is 0.197. The van der Waals surface area contributed by atoms with Gasteiger partial charge in [-0.05, 0) is 17.5 Å². The van der Waals surface area contributed by atoms with Crippen LogP contribution in [0.4, 0.5) is 0 Å². The lowest BCUT2D eigenvalue weighted by Crippen LogP contribution is -2.38. The van der Waals surface area contributed by atoms with Gasteiger partial charge in [-0.15, -0.1) is 0 Å². The molecule has 0 N–H and O–H groups in total. The van der Waals surface area contributed by atoms with E-state index in [4.69, 9.17) is 4.74 Å². The molecule has 2 rings (SSSR count). The Morgan fingerprint density at radius 2 is 1.40 bits per heavy atom. The second-order valence-electron chi connectivity index (χ2n) is 4.88. The summed E-state index contributed by atoms with van der Waals surface area (Å²) < 4.78 is 5.14. The van der Waals surface area contributed by atoms with E-state index in [1.807, 2.05) is 60.7 Å². The number of hydrogen-bond donors (Lipinski definition) is 0. The average molecular weight is 268 g/mol. The summed E-state index contributed by atoms with van der Waals surface area (Å²) in [7, 11) is 1.46. The second kappa shape index (κ2) is 6.38. The van der Waals surface area contributed by atoms with Crippen LogP contribution >= 0.6 is 0 Å². The summed E-state index contributed by atoms with van der Waals surface area (Å²) in [5.74, 6) is -0.197. The number of benzene rings is 2. The molecule has 0 saturated carbocycles. The molecular weight excluding hydrogens is 248 g/mol. The summed E-state index contributed by atoms with van der Waals surface area (Å²) in [5, 5.41) is 0. The van der Waals surface area contributed by atoms with Gasteiger partial charge in [0.1, 0.15) is 5.41 Å². The molecule has 2 aromatic carbocycles. The van der Waals surface area contributed by atoms with Crippen molar-refractivity contribution in [3.8, 4) is 0 Å². The van der Waals surface area contributed by atoms with Gasteiger partial charge in [0.25, 0.3) is 0 Å². The van der Waals surface area contributed by atoms with Crippen molar-refractivity contribution in [3.05, 3.63) is 71.8 Å². The zero-order valence-electron chi connectivity index (χ0n) is 12.0. The van der Waals surface area contributed by atoms with Crippen molar-refractivity contribution in [1.82, 2.24) is 0 Å². The van der Waals surface area contributed by atoms with E-state index in [0.29, 0.717) is 0 Å². The van der Waals surface area contributed by atoms with Crippen molar-refractivity contribution in [3.63, 3.8) is 0 Å². The molecule has 0 radical (unpaired) electrons. The standard InChI is InChI=1S/C18H20O2/c1-3-14-18(17(19)20-2,15-10-6-4-7-11-15)16-12-8-5-9-13-16/h4-13H,3,14H2,1-2H3. The first-order valence-corrected chi connectivity index (χ1v) is 6.95. The second-order valence-corrected chi connectivity index (χ2v) is 4.88. The molecule has 0 spiro atoms. The molecular formula is C18H20O2. The van der Waals surface area contributed by atoms with Crippen LogP contribution in [0.3, 0.4) is 0 Å². The zero-order valence-corrected chi connectivity index (χ0v) is 12.0. The Morgan fingerprint density at radius 3 is 1.75 bits per heavy atom. The first kappa shape index (κ1) is 14.3. The lowest BCUT2D eigenvalue weighted by molar-refractivity contribution is -0.146. The van der Waals surface area contributed by atoms with E-state index < -0.39 is 5.41 Å². The maximum Gasteiger partial charge on any atom is 0.320 e. The van der Waals surface area contributed by atoms with E-state index in [9.17, 15) is 4.79 Å². The van der Waals surface area contributed by atoms with Gasteiger partial charge in [0.05, 0.1) is 7.11 Å².